The van der Waals surface area contributed by atoms with E-state index in [1.807, 2.05) is 0 Å². The van der Waals surface area contributed by atoms with Gasteiger partial charge in [-0.1, -0.05) is 12.6 Å². The molecule has 0 aliphatic rings. The summed E-state index contributed by atoms with van der Waals surface area (Å²) in [6, 6.07) is 0. The standard InChI is InChI=1S/C10HF21S.FH/c11-1(12,3(15,16)5(19,20)7(23,24)9(27,28)29)2(13,14)4(17,18)6(21,22)8(25,26)10(30,31)32;/h32H;1H. The van der Waals surface area contributed by atoms with Crippen LogP contribution in [0.1, 0.15) is 0 Å². The van der Waals surface area contributed by atoms with Gasteiger partial charge in [0.25, 0.3) is 0 Å². The summed E-state index contributed by atoms with van der Waals surface area (Å²) in [5.74, 6) is -70.1. The van der Waals surface area contributed by atoms with Gasteiger partial charge in [-0.25, -0.2) is 0 Å². The third-order valence-electron chi connectivity index (χ3n) is 3.49. The van der Waals surface area contributed by atoms with E-state index >= 15 is 0 Å². The lowest BCUT2D eigenvalue weighted by Gasteiger charge is -2.44. The molecule has 0 fully saturated rings. The van der Waals surface area contributed by atoms with E-state index in [1.165, 1.54) is 12.6 Å². The molecule has 0 heterocycles. The van der Waals surface area contributed by atoms with Gasteiger partial charge in [0.1, 0.15) is 0 Å². The average molecular weight is 572 g/mol. The van der Waals surface area contributed by atoms with Crippen molar-refractivity contribution >= 4 is 12.6 Å². The zero-order valence-corrected chi connectivity index (χ0v) is 14.7. The van der Waals surface area contributed by atoms with E-state index in [0.29, 0.717) is 0 Å². The van der Waals surface area contributed by atoms with E-state index in [1.54, 1.807) is 0 Å². The first-order chi connectivity index (χ1) is 13.2. The van der Waals surface area contributed by atoms with Crippen molar-refractivity contribution < 1.29 is 96.9 Å². The van der Waals surface area contributed by atoms with Gasteiger partial charge in [0.2, 0.25) is 0 Å². The summed E-state index contributed by atoms with van der Waals surface area (Å²) in [5.41, 5.74) is 0. The van der Waals surface area contributed by atoms with Crippen LogP contribution in [0.4, 0.5) is 96.9 Å². The largest absolute Gasteiger partial charge is 0.460 e. The Labute approximate surface area is 169 Å². The molecule has 0 rings (SSSR count). The highest BCUT2D eigenvalue weighted by Gasteiger charge is 2.97. The van der Waals surface area contributed by atoms with Crippen LogP contribution in [0.3, 0.4) is 0 Å². The minimum absolute atomic E-state index is 0. The molecule has 0 aliphatic heterocycles. The van der Waals surface area contributed by atoms with Crippen molar-refractivity contribution in [2.24, 2.45) is 0 Å². The highest BCUT2D eigenvalue weighted by atomic mass is 32.1. The molecular weight excluding hydrogens is 570 g/mol. The third-order valence-corrected chi connectivity index (χ3v) is 3.77. The predicted molar refractivity (Wildman–Crippen MR) is 62.1 cm³/mol. The summed E-state index contributed by atoms with van der Waals surface area (Å²) < 4.78 is 267. The second-order valence-electron chi connectivity index (χ2n) is 5.63. The molecule has 0 unspecified atom stereocenters. The summed E-state index contributed by atoms with van der Waals surface area (Å²) in [7, 11) is 0. The first-order valence-corrected chi connectivity index (χ1v) is 6.89. The zero-order chi connectivity index (χ0) is 27.0. The number of rotatable bonds is 8. The van der Waals surface area contributed by atoms with E-state index in [9.17, 15) is 92.2 Å². The Hall–Kier alpha value is -1.19. The van der Waals surface area contributed by atoms with Crippen LogP contribution in [0, 0.1) is 0 Å². The molecule has 0 saturated heterocycles. The van der Waals surface area contributed by atoms with Crippen LogP contribution in [0.15, 0.2) is 0 Å². The Kier molecular flexibility index (Phi) is 8.15. The third kappa shape index (κ3) is 4.01. The van der Waals surface area contributed by atoms with Crippen LogP contribution >= 0.6 is 12.6 Å². The normalized spacial score (nSPS) is 16.5. The lowest BCUT2D eigenvalue weighted by Crippen LogP contribution is -2.76. The molecule has 0 amide bonds. The second-order valence-corrected chi connectivity index (χ2v) is 6.20. The SMILES string of the molecule is F.FC(F)(F)C(F)(F)C(F)(F)C(F)(F)C(F)(F)C(F)(F)C(F)(F)C(F)(F)C(F)(F)C(F)(F)S. The first kappa shape index (κ1) is 34.0. The molecule has 202 valence electrons. The molecule has 0 aromatic heterocycles. The van der Waals surface area contributed by atoms with E-state index in [4.69, 9.17) is 0 Å². The number of hydrogen-bond acceptors (Lipinski definition) is 1. The number of thiol groups is 1. The van der Waals surface area contributed by atoms with Crippen LogP contribution in [0.5, 0.6) is 0 Å². The summed E-state index contributed by atoms with van der Waals surface area (Å²) in [6.07, 6.45) is -7.99. The molecule has 0 bridgehead atoms. The maximum atomic E-state index is 13.2. The summed E-state index contributed by atoms with van der Waals surface area (Å²) in [5, 5.41) is -6.83. The summed E-state index contributed by atoms with van der Waals surface area (Å²) >= 11 is 1.28. The van der Waals surface area contributed by atoms with Crippen molar-refractivity contribution in [3.63, 3.8) is 0 Å². The van der Waals surface area contributed by atoms with Gasteiger partial charge in [-0.05, 0) is 0 Å². The number of alkyl halides is 21. The van der Waals surface area contributed by atoms with Crippen molar-refractivity contribution in [3.05, 3.63) is 0 Å². The van der Waals surface area contributed by atoms with Crippen molar-refractivity contribution in [2.75, 3.05) is 0 Å². The Morgan fingerprint density at radius 2 is 0.424 bits per heavy atom. The predicted octanol–water partition coefficient (Wildman–Crippen LogP) is 7.31. The number of hydrogen-bond donors (Lipinski definition) is 1. The van der Waals surface area contributed by atoms with Gasteiger partial charge < -0.3 is 0 Å². The maximum absolute atomic E-state index is 13.2. The Morgan fingerprint density at radius 3 is 0.576 bits per heavy atom. The molecule has 0 aliphatic carbocycles. The fourth-order valence-corrected chi connectivity index (χ4v) is 1.69. The molecule has 23 heteroatoms. The van der Waals surface area contributed by atoms with Crippen LogP contribution in [0.25, 0.3) is 0 Å². The fourth-order valence-electron chi connectivity index (χ4n) is 1.55. The minimum Gasteiger partial charge on any atom is -0.269 e. The topological polar surface area (TPSA) is 0 Å². The van der Waals surface area contributed by atoms with Gasteiger partial charge >= 0.3 is 58.8 Å². The van der Waals surface area contributed by atoms with Gasteiger partial charge in [0.05, 0.1) is 0 Å². The van der Waals surface area contributed by atoms with Crippen molar-refractivity contribution in [3.8, 4) is 0 Å². The van der Waals surface area contributed by atoms with E-state index in [-0.39, 0.29) is 4.70 Å². The molecule has 0 atom stereocenters. The second kappa shape index (κ2) is 7.92. The van der Waals surface area contributed by atoms with Crippen molar-refractivity contribution in [2.45, 2.75) is 58.8 Å². The molecule has 0 spiro atoms. The number of halogens is 22. The van der Waals surface area contributed by atoms with Crippen LogP contribution in [0.2, 0.25) is 0 Å². The minimum atomic E-state index is -9.15. The molecule has 0 aromatic rings. The van der Waals surface area contributed by atoms with Gasteiger partial charge in [-0.3, -0.25) is 4.70 Å². The molecular formula is C10H2F22S. The fraction of sp³-hybridized carbons (Fsp3) is 1.00. The average Bonchev–Trinajstić information content (AvgIpc) is 2.51. The van der Waals surface area contributed by atoms with Crippen molar-refractivity contribution in [1.29, 1.82) is 0 Å². The maximum Gasteiger partial charge on any atom is 0.460 e. The highest BCUT2D eigenvalue weighted by Crippen LogP contribution is 2.66. The van der Waals surface area contributed by atoms with Crippen molar-refractivity contribution in [1.82, 2.24) is 0 Å². The monoisotopic (exact) mass is 572 g/mol. The van der Waals surface area contributed by atoms with E-state index in [2.05, 4.69) is 0 Å². The lowest BCUT2D eigenvalue weighted by atomic mass is 9.87. The van der Waals surface area contributed by atoms with Crippen LogP contribution in [-0.2, 0) is 0 Å². The molecule has 0 saturated carbocycles. The smallest absolute Gasteiger partial charge is 0.269 e. The Morgan fingerprint density at radius 1 is 0.273 bits per heavy atom. The summed E-state index contributed by atoms with van der Waals surface area (Å²) in [6.45, 7) is 0. The van der Waals surface area contributed by atoms with E-state index < -0.39 is 58.8 Å². The quantitative estimate of drug-likeness (QED) is 0.229. The van der Waals surface area contributed by atoms with Gasteiger partial charge in [-0.15, -0.1) is 0 Å². The van der Waals surface area contributed by atoms with E-state index in [0.717, 1.165) is 0 Å². The first-order valence-electron chi connectivity index (χ1n) is 6.44. The molecule has 33 heavy (non-hydrogen) atoms. The van der Waals surface area contributed by atoms with Crippen LogP contribution < -0.4 is 0 Å². The Bertz CT molecular complexity index is 633. The van der Waals surface area contributed by atoms with Gasteiger partial charge in [0.15, 0.2) is 0 Å². The molecule has 0 nitrogen and oxygen atoms in total. The molecule has 0 radical (unpaired) electrons. The van der Waals surface area contributed by atoms with Crippen LogP contribution in [-0.4, -0.2) is 58.8 Å². The van der Waals surface area contributed by atoms with Gasteiger partial charge in [-0.2, -0.15) is 92.2 Å². The Balaban J connectivity index is 0. The lowest BCUT2D eigenvalue weighted by molar-refractivity contribution is -0.471. The highest BCUT2D eigenvalue weighted by molar-refractivity contribution is 7.81. The molecule has 0 N–H and O–H groups in total. The van der Waals surface area contributed by atoms with Gasteiger partial charge in [0, 0.05) is 0 Å². The molecule has 0 aromatic carbocycles. The summed E-state index contributed by atoms with van der Waals surface area (Å²) in [4.78, 5) is 0. The zero-order valence-electron chi connectivity index (χ0n) is 13.8.